The zero-order chi connectivity index (χ0) is 17.4. The molecule has 4 rings (SSSR count). The molecule has 2 atom stereocenters. The lowest BCUT2D eigenvalue weighted by atomic mass is 10.0. The van der Waals surface area contributed by atoms with Crippen LogP contribution in [0.25, 0.3) is 10.9 Å². The van der Waals surface area contributed by atoms with Crippen LogP contribution in [0.5, 0.6) is 5.75 Å². The van der Waals surface area contributed by atoms with Crippen LogP contribution in [-0.2, 0) is 11.3 Å². The molecule has 1 aromatic carbocycles. The molecule has 3 heterocycles. The number of aromatic amines is 2. The van der Waals surface area contributed by atoms with E-state index >= 15 is 0 Å². The van der Waals surface area contributed by atoms with Gasteiger partial charge in [-0.1, -0.05) is 0 Å². The molecule has 7 heteroatoms. The summed E-state index contributed by atoms with van der Waals surface area (Å²) in [6.07, 6.45) is 0. The Bertz CT molecular complexity index is 885. The van der Waals surface area contributed by atoms with Gasteiger partial charge in [0.15, 0.2) is 5.82 Å². The van der Waals surface area contributed by atoms with Gasteiger partial charge in [0.25, 0.3) is 0 Å². The zero-order valence-electron chi connectivity index (χ0n) is 14.7. The molecule has 7 nitrogen and oxygen atoms in total. The van der Waals surface area contributed by atoms with Gasteiger partial charge in [0, 0.05) is 35.2 Å². The van der Waals surface area contributed by atoms with Crippen molar-refractivity contribution in [3.63, 3.8) is 0 Å². The molecular formula is C18H23N5O2. The Morgan fingerprint density at radius 3 is 2.92 bits per heavy atom. The van der Waals surface area contributed by atoms with Gasteiger partial charge in [0.05, 0.1) is 26.2 Å². The van der Waals surface area contributed by atoms with E-state index in [1.54, 1.807) is 7.11 Å². The van der Waals surface area contributed by atoms with Gasteiger partial charge < -0.3 is 19.8 Å². The topological polar surface area (TPSA) is 87.8 Å². The highest BCUT2D eigenvalue weighted by Gasteiger charge is 2.32. The molecule has 0 bridgehead atoms. The molecular weight excluding hydrogens is 318 g/mol. The summed E-state index contributed by atoms with van der Waals surface area (Å²) in [7, 11) is 1.69. The van der Waals surface area contributed by atoms with Crippen molar-refractivity contribution in [3.05, 3.63) is 41.1 Å². The number of aryl methyl sites for hydroxylation is 2. The molecule has 0 spiro atoms. The summed E-state index contributed by atoms with van der Waals surface area (Å²) in [6.45, 7) is 6.08. The molecule has 0 aliphatic carbocycles. The van der Waals surface area contributed by atoms with Crippen LogP contribution in [0, 0.1) is 13.8 Å². The van der Waals surface area contributed by atoms with Crippen LogP contribution in [-0.4, -0.2) is 46.5 Å². The maximum Gasteiger partial charge on any atom is 0.157 e. The highest BCUT2D eigenvalue weighted by atomic mass is 16.5. The molecule has 25 heavy (non-hydrogen) atoms. The maximum atomic E-state index is 5.65. The summed E-state index contributed by atoms with van der Waals surface area (Å²) in [5, 5.41) is 12.0. The molecule has 2 aromatic heterocycles. The highest BCUT2D eigenvalue weighted by Crippen LogP contribution is 2.26. The van der Waals surface area contributed by atoms with E-state index in [0.29, 0.717) is 13.2 Å². The van der Waals surface area contributed by atoms with Crippen LogP contribution >= 0.6 is 0 Å². The Morgan fingerprint density at radius 1 is 1.28 bits per heavy atom. The number of nitrogens with zero attached hydrogens (tertiary/aromatic N) is 2. The summed E-state index contributed by atoms with van der Waals surface area (Å²) >= 11 is 0. The number of H-pyrrole nitrogens is 2. The van der Waals surface area contributed by atoms with Crippen molar-refractivity contribution < 1.29 is 9.47 Å². The number of hydrogen-bond acceptors (Lipinski definition) is 5. The second-order valence-corrected chi connectivity index (χ2v) is 6.61. The molecule has 3 N–H and O–H groups in total. The van der Waals surface area contributed by atoms with Crippen molar-refractivity contribution in [1.82, 2.24) is 25.5 Å². The SMILES string of the molecule is COc1cc(C)c2cc(CN[C@@H]3COC[C@@H]3c3n[nH]c(C)n3)[nH]c2c1. The van der Waals surface area contributed by atoms with Crippen LogP contribution in [0.4, 0.5) is 0 Å². The number of methoxy groups -OCH3 is 1. The number of hydrogen-bond donors (Lipinski definition) is 3. The highest BCUT2D eigenvalue weighted by molar-refractivity contribution is 5.85. The molecule has 132 valence electrons. The van der Waals surface area contributed by atoms with Gasteiger partial charge in [-0.2, -0.15) is 5.10 Å². The lowest BCUT2D eigenvalue weighted by Crippen LogP contribution is -2.34. The van der Waals surface area contributed by atoms with E-state index in [4.69, 9.17) is 9.47 Å². The second-order valence-electron chi connectivity index (χ2n) is 6.61. The average molecular weight is 341 g/mol. The third-order valence-corrected chi connectivity index (χ3v) is 4.79. The van der Waals surface area contributed by atoms with Crippen molar-refractivity contribution in [2.24, 2.45) is 0 Å². The number of benzene rings is 1. The van der Waals surface area contributed by atoms with Crippen molar-refractivity contribution >= 4 is 10.9 Å². The van der Waals surface area contributed by atoms with Gasteiger partial charge in [-0.05, 0) is 31.5 Å². The minimum absolute atomic E-state index is 0.177. The molecule has 0 radical (unpaired) electrons. The van der Waals surface area contributed by atoms with Crippen molar-refractivity contribution in [2.45, 2.75) is 32.4 Å². The molecule has 1 aliphatic heterocycles. The molecule has 0 unspecified atom stereocenters. The fourth-order valence-electron chi connectivity index (χ4n) is 3.43. The van der Waals surface area contributed by atoms with Crippen LogP contribution in [0.3, 0.4) is 0 Å². The number of aromatic nitrogens is 4. The Morgan fingerprint density at radius 2 is 2.16 bits per heavy atom. The summed E-state index contributed by atoms with van der Waals surface area (Å²) < 4.78 is 11.0. The number of rotatable bonds is 5. The summed E-state index contributed by atoms with van der Waals surface area (Å²) in [5.41, 5.74) is 3.44. The smallest absolute Gasteiger partial charge is 0.157 e. The van der Waals surface area contributed by atoms with Crippen molar-refractivity contribution in [1.29, 1.82) is 0 Å². The van der Waals surface area contributed by atoms with Crippen LogP contribution in [0.2, 0.25) is 0 Å². The van der Waals surface area contributed by atoms with E-state index in [-0.39, 0.29) is 12.0 Å². The third-order valence-electron chi connectivity index (χ3n) is 4.79. The van der Waals surface area contributed by atoms with Crippen molar-refractivity contribution in [3.8, 4) is 5.75 Å². The van der Waals surface area contributed by atoms with E-state index < -0.39 is 0 Å². The summed E-state index contributed by atoms with van der Waals surface area (Å²) in [4.78, 5) is 7.93. The van der Waals surface area contributed by atoms with E-state index in [0.717, 1.165) is 35.2 Å². The first kappa shape index (κ1) is 16.1. The monoisotopic (exact) mass is 341 g/mol. The quantitative estimate of drug-likeness (QED) is 0.662. The Kier molecular flexibility index (Phi) is 4.19. The van der Waals surface area contributed by atoms with Gasteiger partial charge in [-0.25, -0.2) is 4.98 Å². The molecule has 0 amide bonds. The summed E-state index contributed by atoms with van der Waals surface area (Å²) in [6, 6.07) is 6.49. The molecule has 0 saturated carbocycles. The van der Waals surface area contributed by atoms with Gasteiger partial charge >= 0.3 is 0 Å². The molecule has 3 aromatic rings. The molecule has 1 aliphatic rings. The van der Waals surface area contributed by atoms with Gasteiger partial charge in [-0.15, -0.1) is 0 Å². The Balaban J connectivity index is 1.49. The van der Waals surface area contributed by atoms with Gasteiger partial charge in [0.1, 0.15) is 11.6 Å². The van der Waals surface area contributed by atoms with E-state index in [2.05, 4.69) is 44.5 Å². The van der Waals surface area contributed by atoms with Crippen LogP contribution in [0.15, 0.2) is 18.2 Å². The normalized spacial score (nSPS) is 20.4. The lowest BCUT2D eigenvalue weighted by Gasteiger charge is -2.16. The van der Waals surface area contributed by atoms with Crippen molar-refractivity contribution in [2.75, 3.05) is 20.3 Å². The van der Waals surface area contributed by atoms with Gasteiger partial charge in [-0.3, -0.25) is 5.10 Å². The Labute approximate surface area is 146 Å². The largest absolute Gasteiger partial charge is 0.497 e. The standard InChI is InChI=1S/C18H23N5O2/c1-10-4-13(24-3)6-16-14(10)5-12(21-16)7-19-17-9-25-8-15(17)18-20-11(2)22-23-18/h4-6,15,17,19,21H,7-9H2,1-3H3,(H,20,22,23)/t15-,17+/m0/s1. The first-order chi connectivity index (χ1) is 12.1. The number of ether oxygens (including phenoxy) is 2. The maximum absolute atomic E-state index is 5.65. The number of nitrogens with one attached hydrogen (secondary N) is 3. The van der Waals surface area contributed by atoms with Crippen LogP contribution in [0.1, 0.15) is 28.8 Å². The zero-order valence-corrected chi connectivity index (χ0v) is 14.7. The average Bonchev–Trinajstić information content (AvgIpc) is 3.31. The first-order valence-corrected chi connectivity index (χ1v) is 8.50. The molecule has 1 saturated heterocycles. The van der Waals surface area contributed by atoms with Crippen LogP contribution < -0.4 is 10.1 Å². The van der Waals surface area contributed by atoms with E-state index in [1.165, 1.54) is 10.9 Å². The predicted molar refractivity (Wildman–Crippen MR) is 94.9 cm³/mol. The van der Waals surface area contributed by atoms with Gasteiger partial charge in [0.2, 0.25) is 0 Å². The number of fused-ring (bicyclic) bond motifs is 1. The molecule has 1 fully saturated rings. The predicted octanol–water partition coefficient (Wildman–Crippen LogP) is 2.18. The fourth-order valence-corrected chi connectivity index (χ4v) is 3.43. The fraction of sp³-hybridized carbons (Fsp3) is 0.444. The van der Waals surface area contributed by atoms with E-state index in [9.17, 15) is 0 Å². The summed E-state index contributed by atoms with van der Waals surface area (Å²) in [5.74, 6) is 2.71. The second kappa shape index (κ2) is 6.50. The minimum Gasteiger partial charge on any atom is -0.497 e. The van der Waals surface area contributed by atoms with E-state index in [1.807, 2.05) is 13.0 Å². The minimum atomic E-state index is 0.177. The first-order valence-electron chi connectivity index (χ1n) is 8.50. The lowest BCUT2D eigenvalue weighted by molar-refractivity contribution is 0.187. The third kappa shape index (κ3) is 3.12. The Hall–Kier alpha value is -2.38.